The van der Waals surface area contributed by atoms with Gasteiger partial charge in [-0.1, -0.05) is 61.5 Å². The molecule has 27 heavy (non-hydrogen) atoms. The fourth-order valence-electron chi connectivity index (χ4n) is 2.69. The molecule has 0 aliphatic rings. The van der Waals surface area contributed by atoms with E-state index >= 15 is 0 Å². The molecule has 1 amide bonds. The van der Waals surface area contributed by atoms with Crippen LogP contribution in [-0.2, 0) is 11.3 Å². The second-order valence-corrected chi connectivity index (χ2v) is 6.74. The number of hydrazone groups is 1. The highest BCUT2D eigenvalue weighted by molar-refractivity contribution is 5.86. The number of rotatable bonds is 6. The van der Waals surface area contributed by atoms with Crippen molar-refractivity contribution in [3.8, 4) is 0 Å². The predicted octanol–water partition coefficient (Wildman–Crippen LogP) is 3.76. The molecule has 0 bridgehead atoms. The molecule has 3 aromatic rings. The lowest BCUT2D eigenvalue weighted by Gasteiger charge is -2.05. The molecule has 0 unspecified atom stereocenters. The van der Waals surface area contributed by atoms with Crippen molar-refractivity contribution in [3.63, 3.8) is 0 Å². The van der Waals surface area contributed by atoms with Crippen molar-refractivity contribution >= 4 is 29.2 Å². The van der Waals surface area contributed by atoms with Gasteiger partial charge in [0.1, 0.15) is 12.1 Å². The number of aromatic nitrogens is 3. The van der Waals surface area contributed by atoms with Crippen LogP contribution in [0.5, 0.6) is 0 Å². The first kappa shape index (κ1) is 18.5. The van der Waals surface area contributed by atoms with Gasteiger partial charge in [0.2, 0.25) is 0 Å². The molecule has 0 radical (unpaired) electrons. The number of carbonyl (C=O) groups is 1. The zero-order valence-corrected chi connectivity index (χ0v) is 15.8. The maximum Gasteiger partial charge on any atom is 0.261 e. The molecule has 0 saturated heterocycles. The summed E-state index contributed by atoms with van der Waals surface area (Å²) in [4.78, 5) is 12.1. The van der Waals surface area contributed by atoms with Gasteiger partial charge >= 0.3 is 0 Å². The van der Waals surface area contributed by atoms with Crippen LogP contribution >= 0.6 is 0 Å². The summed E-state index contributed by atoms with van der Waals surface area (Å²) in [5.41, 5.74) is 7.46. The first-order valence-corrected chi connectivity index (χ1v) is 8.91. The lowest BCUT2D eigenvalue weighted by Crippen LogP contribution is -2.23. The minimum Gasteiger partial charge on any atom is -0.271 e. The van der Waals surface area contributed by atoms with Gasteiger partial charge in [-0.25, -0.2) is 10.1 Å². The number of para-hydroxylation sites is 1. The van der Waals surface area contributed by atoms with Gasteiger partial charge in [0.15, 0.2) is 0 Å². The molecule has 0 fully saturated rings. The molecule has 0 spiro atoms. The third kappa shape index (κ3) is 4.88. The Kier molecular flexibility index (Phi) is 5.76. The van der Waals surface area contributed by atoms with Crippen molar-refractivity contribution in [2.45, 2.75) is 33.2 Å². The molecule has 0 aliphatic heterocycles. The summed E-state index contributed by atoms with van der Waals surface area (Å²) in [6.45, 7) is 6.36. The molecular weight excluding hydrogens is 338 g/mol. The summed E-state index contributed by atoms with van der Waals surface area (Å²) in [6.07, 6.45) is 3.65. The molecule has 0 saturated carbocycles. The van der Waals surface area contributed by atoms with E-state index < -0.39 is 0 Å². The average molecular weight is 361 g/mol. The van der Waals surface area contributed by atoms with Gasteiger partial charge in [0.05, 0.1) is 11.7 Å². The summed E-state index contributed by atoms with van der Waals surface area (Å²) in [7, 11) is 0. The Hall–Kier alpha value is -3.28. The lowest BCUT2D eigenvalue weighted by molar-refractivity contribution is -0.121. The van der Waals surface area contributed by atoms with Crippen molar-refractivity contribution in [1.82, 2.24) is 20.4 Å². The molecule has 3 rings (SSSR count). The van der Waals surface area contributed by atoms with Crippen molar-refractivity contribution in [2.24, 2.45) is 5.10 Å². The molecule has 1 heterocycles. The van der Waals surface area contributed by atoms with Gasteiger partial charge in [-0.15, -0.1) is 5.10 Å². The van der Waals surface area contributed by atoms with Crippen molar-refractivity contribution in [2.75, 3.05) is 0 Å². The van der Waals surface area contributed by atoms with E-state index in [1.807, 2.05) is 37.3 Å². The van der Waals surface area contributed by atoms with E-state index in [4.69, 9.17) is 0 Å². The number of nitrogens with one attached hydrogen (secondary N) is 1. The van der Waals surface area contributed by atoms with Crippen LogP contribution < -0.4 is 5.43 Å². The highest BCUT2D eigenvalue weighted by Crippen LogP contribution is 2.16. The van der Waals surface area contributed by atoms with Crippen molar-refractivity contribution < 1.29 is 4.79 Å². The van der Waals surface area contributed by atoms with E-state index in [1.54, 1.807) is 10.9 Å². The maximum absolute atomic E-state index is 12.1. The van der Waals surface area contributed by atoms with Crippen LogP contribution in [0.1, 0.15) is 37.8 Å². The summed E-state index contributed by atoms with van der Waals surface area (Å²) in [5, 5.41) is 12.0. The Morgan fingerprint density at radius 1 is 1.19 bits per heavy atom. The van der Waals surface area contributed by atoms with Crippen LogP contribution in [0.4, 0.5) is 0 Å². The molecule has 0 atom stereocenters. The number of carbonyl (C=O) groups excluding carboxylic acids is 1. The molecular formula is C21H23N5O. The van der Waals surface area contributed by atoms with Crippen LogP contribution in [0.3, 0.4) is 0 Å². The Balaban J connectivity index is 1.56. The number of nitrogens with zero attached hydrogens (tertiary/aromatic N) is 4. The van der Waals surface area contributed by atoms with Gasteiger partial charge in [0, 0.05) is 0 Å². The minimum absolute atomic E-state index is 0.0667. The number of benzene rings is 2. The molecule has 138 valence electrons. The number of hydrogen-bond acceptors (Lipinski definition) is 4. The molecule has 2 aromatic carbocycles. The van der Waals surface area contributed by atoms with Gasteiger partial charge in [-0.3, -0.25) is 4.79 Å². The lowest BCUT2D eigenvalue weighted by atomic mass is 10.0. The summed E-state index contributed by atoms with van der Waals surface area (Å²) in [6, 6.07) is 15.9. The second-order valence-electron chi connectivity index (χ2n) is 6.74. The first-order chi connectivity index (χ1) is 13.0. The molecule has 1 aromatic heterocycles. The van der Waals surface area contributed by atoms with Crippen LogP contribution in [0.25, 0.3) is 17.1 Å². The topological polar surface area (TPSA) is 72.2 Å². The fourth-order valence-corrected chi connectivity index (χ4v) is 2.69. The van der Waals surface area contributed by atoms with Crippen molar-refractivity contribution in [3.05, 3.63) is 65.2 Å². The number of amides is 1. The van der Waals surface area contributed by atoms with E-state index in [0.717, 1.165) is 22.2 Å². The zero-order valence-electron chi connectivity index (χ0n) is 15.8. The van der Waals surface area contributed by atoms with Crippen LogP contribution in [0, 0.1) is 0 Å². The Morgan fingerprint density at radius 3 is 2.67 bits per heavy atom. The average Bonchev–Trinajstić information content (AvgIpc) is 3.05. The normalized spacial score (nSPS) is 12.2. The van der Waals surface area contributed by atoms with E-state index in [-0.39, 0.29) is 12.5 Å². The van der Waals surface area contributed by atoms with Gasteiger partial charge in [-0.05, 0) is 41.7 Å². The van der Waals surface area contributed by atoms with E-state index in [2.05, 4.69) is 59.0 Å². The largest absolute Gasteiger partial charge is 0.271 e. The van der Waals surface area contributed by atoms with Crippen molar-refractivity contribution in [1.29, 1.82) is 0 Å². The number of hydrogen-bond donors (Lipinski definition) is 1. The quantitative estimate of drug-likeness (QED) is 0.537. The first-order valence-electron chi connectivity index (χ1n) is 8.91. The van der Waals surface area contributed by atoms with E-state index in [1.165, 1.54) is 5.56 Å². The standard InChI is InChI=1S/C21H23N5O/c1-15(2)18-10-8-17(9-11-18)12-16(3)13-22-24-21(27)14-26-20-7-5-4-6-19(20)23-25-26/h4-13,15H,14H2,1-3H3,(H,24,27)/b16-12-,22-13?. The highest BCUT2D eigenvalue weighted by atomic mass is 16.2. The van der Waals surface area contributed by atoms with Crippen LogP contribution in [0.15, 0.2) is 59.2 Å². The summed E-state index contributed by atoms with van der Waals surface area (Å²) >= 11 is 0. The summed E-state index contributed by atoms with van der Waals surface area (Å²) < 4.78 is 1.55. The monoisotopic (exact) mass is 361 g/mol. The highest BCUT2D eigenvalue weighted by Gasteiger charge is 2.07. The number of fused-ring (bicyclic) bond motifs is 1. The fraction of sp³-hybridized carbons (Fsp3) is 0.238. The SMILES string of the molecule is C/C(C=NNC(=O)Cn1nnc2ccccc21)=C/c1ccc(C(C)C)cc1. The smallest absolute Gasteiger partial charge is 0.261 e. The van der Waals surface area contributed by atoms with E-state index in [9.17, 15) is 4.79 Å². The van der Waals surface area contributed by atoms with Gasteiger partial charge < -0.3 is 0 Å². The second kappa shape index (κ2) is 8.40. The van der Waals surface area contributed by atoms with Crippen LogP contribution in [0.2, 0.25) is 0 Å². The Bertz CT molecular complexity index is 983. The Labute approximate surface area is 158 Å². The third-order valence-electron chi connectivity index (χ3n) is 4.17. The zero-order chi connectivity index (χ0) is 19.2. The van der Waals surface area contributed by atoms with Crippen LogP contribution in [-0.4, -0.2) is 27.1 Å². The summed E-state index contributed by atoms with van der Waals surface area (Å²) in [5.74, 6) is 0.263. The number of allylic oxidation sites excluding steroid dienone is 1. The maximum atomic E-state index is 12.1. The van der Waals surface area contributed by atoms with Gasteiger partial charge in [0.25, 0.3) is 5.91 Å². The Morgan fingerprint density at radius 2 is 1.93 bits per heavy atom. The molecule has 6 heteroatoms. The molecule has 0 aliphatic carbocycles. The molecule has 1 N–H and O–H groups in total. The third-order valence-corrected chi connectivity index (χ3v) is 4.17. The van der Waals surface area contributed by atoms with Gasteiger partial charge in [-0.2, -0.15) is 5.10 Å². The van der Waals surface area contributed by atoms with E-state index in [0.29, 0.717) is 5.92 Å². The minimum atomic E-state index is -0.254. The predicted molar refractivity (Wildman–Crippen MR) is 108 cm³/mol. The molecule has 6 nitrogen and oxygen atoms in total.